The first-order valence-corrected chi connectivity index (χ1v) is 5.71. The Labute approximate surface area is 99.2 Å². The number of carbonyl (C=O) groups is 1. The number of ether oxygens (including phenoxy) is 1. The Morgan fingerprint density at radius 1 is 1.59 bits per heavy atom. The van der Waals surface area contributed by atoms with Gasteiger partial charge in [-0.2, -0.15) is 0 Å². The van der Waals surface area contributed by atoms with Gasteiger partial charge in [0.25, 0.3) is 5.91 Å². The van der Waals surface area contributed by atoms with Crippen molar-refractivity contribution in [3.8, 4) is 0 Å². The molecule has 1 aromatic rings. The summed E-state index contributed by atoms with van der Waals surface area (Å²) < 4.78 is 5.56. The summed E-state index contributed by atoms with van der Waals surface area (Å²) in [5, 5.41) is 2.77. The number of H-pyrrole nitrogens is 1. The zero-order chi connectivity index (χ0) is 12.3. The van der Waals surface area contributed by atoms with E-state index in [-0.39, 0.29) is 22.8 Å². The van der Waals surface area contributed by atoms with Crippen molar-refractivity contribution in [2.24, 2.45) is 0 Å². The number of nitrogens with one attached hydrogen (secondary N) is 2. The average molecular weight is 236 g/mol. The van der Waals surface area contributed by atoms with Crippen molar-refractivity contribution in [1.29, 1.82) is 0 Å². The smallest absolute Gasteiger partial charge is 0.267 e. The molecule has 2 rings (SSSR count). The van der Waals surface area contributed by atoms with E-state index in [2.05, 4.69) is 10.3 Å². The van der Waals surface area contributed by atoms with Gasteiger partial charge in [0.1, 0.15) is 5.69 Å². The van der Waals surface area contributed by atoms with Gasteiger partial charge in [0, 0.05) is 19.2 Å². The van der Waals surface area contributed by atoms with Crippen molar-refractivity contribution in [3.05, 3.63) is 34.2 Å². The van der Waals surface area contributed by atoms with Crippen molar-refractivity contribution in [1.82, 2.24) is 10.3 Å². The number of hydrogen-bond acceptors (Lipinski definition) is 3. The molecule has 2 heterocycles. The van der Waals surface area contributed by atoms with Crippen LogP contribution in [-0.4, -0.2) is 29.6 Å². The van der Waals surface area contributed by atoms with Gasteiger partial charge in [0.05, 0.1) is 5.60 Å². The molecule has 5 heteroatoms. The lowest BCUT2D eigenvalue weighted by Crippen LogP contribution is -2.40. The number of aromatic nitrogens is 1. The fourth-order valence-electron chi connectivity index (χ4n) is 1.92. The minimum absolute atomic E-state index is 0.273. The highest BCUT2D eigenvalue weighted by molar-refractivity contribution is 5.92. The zero-order valence-corrected chi connectivity index (χ0v) is 9.79. The summed E-state index contributed by atoms with van der Waals surface area (Å²) >= 11 is 0. The van der Waals surface area contributed by atoms with E-state index in [0.717, 1.165) is 19.4 Å². The van der Waals surface area contributed by atoms with Gasteiger partial charge in [-0.1, -0.05) is 6.07 Å². The maximum Gasteiger partial charge on any atom is 0.267 e. The van der Waals surface area contributed by atoms with Crippen molar-refractivity contribution in [2.45, 2.75) is 25.4 Å². The van der Waals surface area contributed by atoms with E-state index in [1.807, 2.05) is 6.92 Å². The standard InChI is InChI=1S/C12H16N2O3/c1-12(6-3-7-17-12)8-13-11(16)9-4-2-5-10(15)14-9/h2,4-5H,3,6-8H2,1H3,(H,13,16)(H,14,15). The molecular formula is C12H16N2O3. The van der Waals surface area contributed by atoms with Gasteiger partial charge < -0.3 is 15.0 Å². The molecule has 1 unspecified atom stereocenters. The Morgan fingerprint density at radius 3 is 3.06 bits per heavy atom. The summed E-state index contributed by atoms with van der Waals surface area (Å²) in [5.74, 6) is -0.278. The highest BCUT2D eigenvalue weighted by Gasteiger charge is 2.30. The quantitative estimate of drug-likeness (QED) is 0.810. The first-order valence-electron chi connectivity index (χ1n) is 5.71. The SMILES string of the molecule is CC1(CNC(=O)c2cccc(=O)[nH]2)CCCO1. The maximum atomic E-state index is 11.8. The number of rotatable bonds is 3. The van der Waals surface area contributed by atoms with Crippen LogP contribution < -0.4 is 10.9 Å². The molecule has 1 atom stereocenters. The van der Waals surface area contributed by atoms with Gasteiger partial charge in [-0.25, -0.2) is 0 Å². The van der Waals surface area contributed by atoms with Crippen LogP contribution in [0.4, 0.5) is 0 Å². The second-order valence-electron chi connectivity index (χ2n) is 4.51. The van der Waals surface area contributed by atoms with E-state index >= 15 is 0 Å². The molecule has 0 saturated carbocycles. The van der Waals surface area contributed by atoms with Crippen LogP contribution in [0.3, 0.4) is 0 Å². The molecule has 5 nitrogen and oxygen atoms in total. The minimum Gasteiger partial charge on any atom is -0.373 e. The second-order valence-corrected chi connectivity index (χ2v) is 4.51. The summed E-state index contributed by atoms with van der Waals surface area (Å²) in [7, 11) is 0. The van der Waals surface area contributed by atoms with Gasteiger partial charge in [-0.05, 0) is 25.8 Å². The normalized spacial score (nSPS) is 23.6. The predicted molar refractivity (Wildman–Crippen MR) is 63.0 cm³/mol. The first kappa shape index (κ1) is 11.9. The molecule has 17 heavy (non-hydrogen) atoms. The lowest BCUT2D eigenvalue weighted by atomic mass is 10.0. The topological polar surface area (TPSA) is 71.2 Å². The van der Waals surface area contributed by atoms with Crippen LogP contribution >= 0.6 is 0 Å². The largest absolute Gasteiger partial charge is 0.373 e. The Kier molecular flexibility index (Phi) is 3.28. The third-order valence-corrected chi connectivity index (χ3v) is 2.94. The summed E-state index contributed by atoms with van der Waals surface area (Å²) in [6.07, 6.45) is 1.97. The Balaban J connectivity index is 1.95. The summed E-state index contributed by atoms with van der Waals surface area (Å²) in [6, 6.07) is 4.51. The molecule has 1 aliphatic rings. The summed E-state index contributed by atoms with van der Waals surface area (Å²) in [6.45, 7) is 3.19. The lowest BCUT2D eigenvalue weighted by molar-refractivity contribution is 0.0205. The summed E-state index contributed by atoms with van der Waals surface area (Å²) in [5.41, 5.74) is -0.273. The second kappa shape index (κ2) is 4.71. The molecule has 0 spiro atoms. The van der Waals surface area contributed by atoms with Crippen molar-refractivity contribution in [2.75, 3.05) is 13.2 Å². The van der Waals surface area contributed by atoms with Crippen LogP contribution in [0.1, 0.15) is 30.3 Å². The minimum atomic E-state index is -0.278. The van der Waals surface area contributed by atoms with Gasteiger partial charge in [-0.3, -0.25) is 9.59 Å². The van der Waals surface area contributed by atoms with Crippen LogP contribution in [0.15, 0.2) is 23.0 Å². The number of aromatic amines is 1. The van der Waals surface area contributed by atoms with Crippen molar-refractivity contribution >= 4 is 5.91 Å². The fraction of sp³-hybridized carbons (Fsp3) is 0.500. The molecule has 0 aromatic carbocycles. The number of carbonyl (C=O) groups excluding carboxylic acids is 1. The van der Waals surface area contributed by atoms with Gasteiger partial charge >= 0.3 is 0 Å². The van der Waals surface area contributed by atoms with Gasteiger partial charge in [-0.15, -0.1) is 0 Å². The van der Waals surface area contributed by atoms with Crippen LogP contribution in [-0.2, 0) is 4.74 Å². The van der Waals surface area contributed by atoms with E-state index in [4.69, 9.17) is 4.74 Å². The number of hydrogen-bond donors (Lipinski definition) is 2. The predicted octanol–water partition coefficient (Wildman–Crippen LogP) is 0.674. The lowest BCUT2D eigenvalue weighted by Gasteiger charge is -2.23. The molecule has 1 aromatic heterocycles. The number of amides is 1. The first-order chi connectivity index (χ1) is 8.09. The third kappa shape index (κ3) is 2.94. The Hall–Kier alpha value is -1.62. The molecule has 1 saturated heterocycles. The molecular weight excluding hydrogens is 220 g/mol. The van der Waals surface area contributed by atoms with E-state index in [9.17, 15) is 9.59 Å². The van der Waals surface area contributed by atoms with Gasteiger partial charge in [0.2, 0.25) is 5.56 Å². The number of pyridine rings is 1. The third-order valence-electron chi connectivity index (χ3n) is 2.94. The highest BCUT2D eigenvalue weighted by atomic mass is 16.5. The molecule has 1 fully saturated rings. The Morgan fingerprint density at radius 2 is 2.41 bits per heavy atom. The molecule has 92 valence electrons. The zero-order valence-electron chi connectivity index (χ0n) is 9.79. The highest BCUT2D eigenvalue weighted by Crippen LogP contribution is 2.23. The Bertz CT molecular complexity index is 461. The average Bonchev–Trinajstić information content (AvgIpc) is 2.74. The molecule has 1 aliphatic heterocycles. The van der Waals surface area contributed by atoms with Crippen LogP contribution in [0.2, 0.25) is 0 Å². The van der Waals surface area contributed by atoms with Crippen LogP contribution in [0.5, 0.6) is 0 Å². The van der Waals surface area contributed by atoms with Crippen molar-refractivity contribution in [3.63, 3.8) is 0 Å². The van der Waals surface area contributed by atoms with Gasteiger partial charge in [0.15, 0.2) is 0 Å². The molecule has 0 aliphatic carbocycles. The fourth-order valence-corrected chi connectivity index (χ4v) is 1.92. The molecule has 0 bridgehead atoms. The van der Waals surface area contributed by atoms with E-state index in [1.54, 1.807) is 12.1 Å². The van der Waals surface area contributed by atoms with Crippen LogP contribution in [0, 0.1) is 0 Å². The summed E-state index contributed by atoms with van der Waals surface area (Å²) in [4.78, 5) is 25.3. The molecule has 2 N–H and O–H groups in total. The van der Waals surface area contributed by atoms with Crippen molar-refractivity contribution < 1.29 is 9.53 Å². The monoisotopic (exact) mass is 236 g/mol. The molecule has 1 amide bonds. The van der Waals surface area contributed by atoms with E-state index in [1.165, 1.54) is 6.07 Å². The van der Waals surface area contributed by atoms with E-state index < -0.39 is 0 Å². The van der Waals surface area contributed by atoms with E-state index in [0.29, 0.717) is 6.54 Å². The molecule has 0 radical (unpaired) electrons. The maximum absolute atomic E-state index is 11.8. The van der Waals surface area contributed by atoms with Crippen LogP contribution in [0.25, 0.3) is 0 Å².